The Morgan fingerprint density at radius 1 is 1.00 bits per heavy atom. The number of halogens is 1. The largest absolute Gasteiger partial charge is 0.326 e. The molecule has 10 heteroatoms. The molecule has 0 saturated carbocycles. The zero-order valence-electron chi connectivity index (χ0n) is 14.5. The van der Waals surface area contributed by atoms with Gasteiger partial charge in [0.2, 0.25) is 15.9 Å². The standard InChI is InChI=1S/C18H14ClN3O5S/c1-10(23)21-12-4-2-11(3-5-12)15-16(19)18(25)22(17(15)24)13-6-8-14(9-7-13)28(20,26)27/h2-9H,1H3,(H,21,23)(H2,20,26,27). The number of nitrogens with two attached hydrogens (primary N) is 1. The van der Waals surface area contributed by atoms with Crippen molar-refractivity contribution in [2.24, 2.45) is 5.14 Å². The predicted octanol–water partition coefficient (Wildman–Crippen LogP) is 1.82. The first-order valence-corrected chi connectivity index (χ1v) is 9.81. The van der Waals surface area contributed by atoms with Gasteiger partial charge >= 0.3 is 0 Å². The molecule has 0 saturated heterocycles. The van der Waals surface area contributed by atoms with Gasteiger partial charge in [-0.05, 0) is 42.0 Å². The first-order valence-electron chi connectivity index (χ1n) is 7.89. The summed E-state index contributed by atoms with van der Waals surface area (Å²) in [5.41, 5.74) is 1.10. The summed E-state index contributed by atoms with van der Waals surface area (Å²) in [5.74, 6) is -1.62. The minimum Gasteiger partial charge on any atom is -0.326 e. The fourth-order valence-corrected chi connectivity index (χ4v) is 3.49. The lowest BCUT2D eigenvalue weighted by Crippen LogP contribution is -2.31. The van der Waals surface area contributed by atoms with Crippen molar-refractivity contribution in [1.82, 2.24) is 0 Å². The van der Waals surface area contributed by atoms with Gasteiger partial charge in [-0.1, -0.05) is 23.7 Å². The Bertz CT molecular complexity index is 1120. The van der Waals surface area contributed by atoms with Crippen LogP contribution in [0.1, 0.15) is 12.5 Å². The van der Waals surface area contributed by atoms with Gasteiger partial charge in [-0.2, -0.15) is 0 Å². The van der Waals surface area contributed by atoms with Gasteiger partial charge in [0.15, 0.2) is 0 Å². The molecule has 28 heavy (non-hydrogen) atoms. The molecule has 1 aliphatic rings. The number of benzene rings is 2. The van der Waals surface area contributed by atoms with Gasteiger partial charge in [0.05, 0.1) is 16.2 Å². The van der Waals surface area contributed by atoms with Gasteiger partial charge in [0.1, 0.15) is 5.03 Å². The van der Waals surface area contributed by atoms with E-state index < -0.39 is 21.8 Å². The normalized spacial score (nSPS) is 14.6. The quantitative estimate of drug-likeness (QED) is 0.731. The number of anilines is 2. The van der Waals surface area contributed by atoms with E-state index in [4.69, 9.17) is 16.7 Å². The van der Waals surface area contributed by atoms with Crippen LogP contribution in [0.25, 0.3) is 5.57 Å². The molecular weight excluding hydrogens is 406 g/mol. The van der Waals surface area contributed by atoms with E-state index in [1.165, 1.54) is 31.2 Å². The second-order valence-electron chi connectivity index (χ2n) is 5.93. The molecule has 0 aliphatic carbocycles. The maximum atomic E-state index is 12.8. The molecule has 2 aromatic rings. The molecule has 144 valence electrons. The van der Waals surface area contributed by atoms with Crippen molar-refractivity contribution < 1.29 is 22.8 Å². The van der Waals surface area contributed by atoms with E-state index in [9.17, 15) is 22.8 Å². The second-order valence-corrected chi connectivity index (χ2v) is 7.87. The van der Waals surface area contributed by atoms with Crippen molar-refractivity contribution in [2.75, 3.05) is 10.2 Å². The molecule has 0 aromatic heterocycles. The van der Waals surface area contributed by atoms with Crippen LogP contribution in [0, 0.1) is 0 Å². The topological polar surface area (TPSA) is 127 Å². The van der Waals surface area contributed by atoms with Gasteiger partial charge in [-0.15, -0.1) is 0 Å². The van der Waals surface area contributed by atoms with E-state index in [-0.39, 0.29) is 27.1 Å². The van der Waals surface area contributed by atoms with Gasteiger partial charge in [-0.3, -0.25) is 14.4 Å². The lowest BCUT2D eigenvalue weighted by atomic mass is 10.1. The molecule has 0 radical (unpaired) electrons. The summed E-state index contributed by atoms with van der Waals surface area (Å²) >= 11 is 6.11. The summed E-state index contributed by atoms with van der Waals surface area (Å²) < 4.78 is 22.7. The van der Waals surface area contributed by atoms with Gasteiger partial charge in [0, 0.05) is 12.6 Å². The molecule has 2 aromatic carbocycles. The molecule has 3 amide bonds. The minimum absolute atomic E-state index is 0.0107. The van der Waals surface area contributed by atoms with E-state index in [1.54, 1.807) is 24.3 Å². The highest BCUT2D eigenvalue weighted by atomic mass is 35.5. The molecule has 0 fully saturated rings. The van der Waals surface area contributed by atoms with Crippen molar-refractivity contribution in [3.8, 4) is 0 Å². The average molecular weight is 420 g/mol. The van der Waals surface area contributed by atoms with E-state index in [2.05, 4.69) is 5.32 Å². The highest BCUT2D eigenvalue weighted by molar-refractivity contribution is 7.89. The van der Waals surface area contributed by atoms with Gasteiger partial charge in [-0.25, -0.2) is 18.5 Å². The molecule has 3 N–H and O–H groups in total. The third-order valence-corrected chi connectivity index (χ3v) is 5.22. The minimum atomic E-state index is -3.90. The van der Waals surface area contributed by atoms with Crippen molar-refractivity contribution >= 4 is 56.3 Å². The Balaban J connectivity index is 1.93. The number of hydrogen-bond acceptors (Lipinski definition) is 5. The van der Waals surface area contributed by atoms with Crippen LogP contribution in [0.5, 0.6) is 0 Å². The van der Waals surface area contributed by atoms with E-state index in [1.807, 2.05) is 0 Å². The number of amides is 3. The Labute approximate surface area is 165 Å². The third kappa shape index (κ3) is 3.68. The monoisotopic (exact) mass is 419 g/mol. The molecule has 3 rings (SSSR count). The maximum Gasteiger partial charge on any atom is 0.277 e. The van der Waals surface area contributed by atoms with Crippen molar-refractivity contribution in [3.63, 3.8) is 0 Å². The van der Waals surface area contributed by atoms with Crippen LogP contribution in [0.15, 0.2) is 58.5 Å². The smallest absolute Gasteiger partial charge is 0.277 e. The number of imide groups is 1. The van der Waals surface area contributed by atoms with E-state index in [0.717, 1.165) is 4.90 Å². The van der Waals surface area contributed by atoms with Crippen LogP contribution >= 0.6 is 11.6 Å². The third-order valence-electron chi connectivity index (χ3n) is 3.94. The summed E-state index contributed by atoms with van der Waals surface area (Å²) in [5, 5.41) is 7.39. The zero-order chi connectivity index (χ0) is 20.6. The number of carbonyl (C=O) groups is 3. The highest BCUT2D eigenvalue weighted by Crippen LogP contribution is 2.35. The molecular formula is C18H14ClN3O5S. The Morgan fingerprint density at radius 3 is 2.07 bits per heavy atom. The lowest BCUT2D eigenvalue weighted by molar-refractivity contribution is -0.120. The lowest BCUT2D eigenvalue weighted by Gasteiger charge is -2.15. The zero-order valence-corrected chi connectivity index (χ0v) is 16.0. The molecule has 0 spiro atoms. The Kier molecular flexibility index (Phi) is 5.07. The number of primary sulfonamides is 1. The molecule has 0 unspecified atom stereocenters. The second kappa shape index (κ2) is 7.19. The van der Waals surface area contributed by atoms with Crippen LogP contribution in [-0.2, 0) is 24.4 Å². The first kappa shape index (κ1) is 19.7. The number of hydrogen-bond donors (Lipinski definition) is 2. The first-order chi connectivity index (χ1) is 13.1. The molecule has 0 bridgehead atoms. The van der Waals surface area contributed by atoms with Crippen LogP contribution in [0.2, 0.25) is 0 Å². The molecule has 1 heterocycles. The van der Waals surface area contributed by atoms with Crippen LogP contribution < -0.4 is 15.4 Å². The number of sulfonamides is 1. The van der Waals surface area contributed by atoms with Gasteiger partial charge in [0.25, 0.3) is 11.8 Å². The fourth-order valence-electron chi connectivity index (χ4n) is 2.70. The van der Waals surface area contributed by atoms with E-state index >= 15 is 0 Å². The van der Waals surface area contributed by atoms with Crippen molar-refractivity contribution in [2.45, 2.75) is 11.8 Å². The fraction of sp³-hybridized carbons (Fsp3) is 0.0556. The van der Waals surface area contributed by atoms with Crippen LogP contribution in [-0.4, -0.2) is 26.1 Å². The van der Waals surface area contributed by atoms with Crippen LogP contribution in [0.4, 0.5) is 11.4 Å². The molecule has 1 aliphatic heterocycles. The Hall–Kier alpha value is -3.01. The van der Waals surface area contributed by atoms with E-state index in [0.29, 0.717) is 11.3 Å². The summed E-state index contributed by atoms with van der Waals surface area (Å²) in [6.07, 6.45) is 0. The summed E-state index contributed by atoms with van der Waals surface area (Å²) in [4.78, 5) is 37.1. The number of nitrogens with zero attached hydrogens (tertiary/aromatic N) is 1. The van der Waals surface area contributed by atoms with Crippen molar-refractivity contribution in [1.29, 1.82) is 0 Å². The summed E-state index contributed by atoms with van der Waals surface area (Å²) in [6.45, 7) is 1.37. The average Bonchev–Trinajstić information content (AvgIpc) is 2.84. The molecule has 0 atom stereocenters. The van der Waals surface area contributed by atoms with Crippen molar-refractivity contribution in [3.05, 3.63) is 59.1 Å². The Morgan fingerprint density at radius 2 is 1.57 bits per heavy atom. The SMILES string of the molecule is CC(=O)Nc1ccc(C2=C(Cl)C(=O)N(c3ccc(S(N)(=O)=O)cc3)C2=O)cc1. The summed E-state index contributed by atoms with van der Waals surface area (Å²) in [7, 11) is -3.90. The summed E-state index contributed by atoms with van der Waals surface area (Å²) in [6, 6.07) is 11.2. The predicted molar refractivity (Wildman–Crippen MR) is 104 cm³/mol. The number of rotatable bonds is 4. The maximum absolute atomic E-state index is 12.8. The number of nitrogens with one attached hydrogen (secondary N) is 1. The number of carbonyl (C=O) groups excluding carboxylic acids is 3. The van der Waals surface area contributed by atoms with Crippen LogP contribution in [0.3, 0.4) is 0 Å². The molecule has 8 nitrogen and oxygen atoms in total. The van der Waals surface area contributed by atoms with Gasteiger partial charge < -0.3 is 5.32 Å². The highest BCUT2D eigenvalue weighted by Gasteiger charge is 2.39.